The summed E-state index contributed by atoms with van der Waals surface area (Å²) < 4.78 is 2.01. The fraction of sp³-hybridized carbons (Fsp3) is 0.111. The van der Waals surface area contributed by atoms with Crippen LogP contribution in [0.15, 0.2) is 64.1 Å². The van der Waals surface area contributed by atoms with Crippen LogP contribution in [0.25, 0.3) is 11.3 Å². The van der Waals surface area contributed by atoms with Crippen LogP contribution in [0.4, 0.5) is 0 Å². The summed E-state index contributed by atoms with van der Waals surface area (Å²) in [7, 11) is 1.97. The van der Waals surface area contributed by atoms with Crippen LogP contribution in [0, 0.1) is 6.92 Å². The molecule has 3 rings (SSSR count). The molecule has 1 N–H and O–H groups in total. The molecule has 0 aliphatic carbocycles. The van der Waals surface area contributed by atoms with Gasteiger partial charge in [-0.05, 0) is 24.1 Å². The number of phenols is 1. The lowest BCUT2D eigenvalue weighted by Crippen LogP contribution is -2.10. The van der Waals surface area contributed by atoms with Crippen molar-refractivity contribution in [2.75, 3.05) is 0 Å². The lowest BCUT2D eigenvalue weighted by Gasteiger charge is -2.01. The molecule has 5 heteroatoms. The summed E-state index contributed by atoms with van der Waals surface area (Å²) in [6.07, 6.45) is 1.57. The van der Waals surface area contributed by atoms with Crippen molar-refractivity contribution < 1.29 is 5.11 Å². The Balaban J connectivity index is 1.91. The Morgan fingerprint density at radius 1 is 1.09 bits per heavy atom. The quantitative estimate of drug-likeness (QED) is 0.580. The van der Waals surface area contributed by atoms with E-state index in [4.69, 9.17) is 0 Å². The second kappa shape index (κ2) is 6.62. The van der Waals surface area contributed by atoms with Gasteiger partial charge in [0, 0.05) is 18.0 Å². The van der Waals surface area contributed by atoms with Gasteiger partial charge in [-0.1, -0.05) is 42.5 Å². The van der Waals surface area contributed by atoms with E-state index in [1.165, 1.54) is 11.3 Å². The van der Waals surface area contributed by atoms with Gasteiger partial charge in [0.1, 0.15) is 5.75 Å². The summed E-state index contributed by atoms with van der Waals surface area (Å²) in [5.74, 6) is 0.243. The molecule has 0 spiro atoms. The fourth-order valence-electron chi connectivity index (χ4n) is 2.26. The first kappa shape index (κ1) is 15.2. The molecule has 0 amide bonds. The van der Waals surface area contributed by atoms with E-state index in [0.29, 0.717) is 5.56 Å². The highest BCUT2D eigenvalue weighted by Gasteiger charge is 2.03. The number of rotatable bonds is 3. The topological polar surface area (TPSA) is 49.9 Å². The van der Waals surface area contributed by atoms with E-state index in [1.807, 2.05) is 54.9 Å². The van der Waals surface area contributed by atoms with Gasteiger partial charge in [-0.25, -0.2) is 0 Å². The molecule has 0 aliphatic rings. The molecule has 0 saturated heterocycles. The van der Waals surface area contributed by atoms with Crippen LogP contribution in [0.1, 0.15) is 11.1 Å². The van der Waals surface area contributed by atoms with E-state index in [-0.39, 0.29) is 5.75 Å². The van der Waals surface area contributed by atoms with Gasteiger partial charge in [-0.3, -0.25) is 0 Å². The minimum Gasteiger partial charge on any atom is -0.507 e. The number of nitrogens with zero attached hydrogens (tertiary/aromatic N) is 3. The van der Waals surface area contributed by atoms with E-state index in [9.17, 15) is 5.11 Å². The van der Waals surface area contributed by atoms with Crippen LogP contribution in [0.3, 0.4) is 0 Å². The van der Waals surface area contributed by atoms with Crippen molar-refractivity contribution in [1.29, 1.82) is 0 Å². The molecule has 0 atom stereocenters. The van der Waals surface area contributed by atoms with Crippen molar-refractivity contribution in [3.8, 4) is 17.0 Å². The first-order chi connectivity index (χ1) is 11.2. The number of para-hydroxylation sites is 1. The number of hydrogen-bond acceptors (Lipinski definition) is 4. The third-order valence-corrected chi connectivity index (χ3v) is 4.51. The maximum atomic E-state index is 9.97. The normalized spacial score (nSPS) is 12.2. The van der Waals surface area contributed by atoms with Gasteiger partial charge in [0.25, 0.3) is 0 Å². The van der Waals surface area contributed by atoms with Crippen LogP contribution in [-0.4, -0.2) is 15.9 Å². The Bertz CT molecular complexity index is 908. The summed E-state index contributed by atoms with van der Waals surface area (Å²) >= 11 is 1.53. The zero-order chi connectivity index (χ0) is 16.2. The Kier molecular flexibility index (Phi) is 4.39. The largest absolute Gasteiger partial charge is 0.507 e. The maximum absolute atomic E-state index is 9.97. The van der Waals surface area contributed by atoms with E-state index < -0.39 is 0 Å². The number of benzene rings is 2. The Morgan fingerprint density at radius 3 is 2.65 bits per heavy atom. The summed E-state index contributed by atoms with van der Waals surface area (Å²) in [5.41, 5.74) is 3.73. The Labute approximate surface area is 138 Å². The maximum Gasteiger partial charge on any atom is 0.210 e. The number of aryl methyl sites for hydroxylation is 1. The molecule has 1 heterocycles. The van der Waals surface area contributed by atoms with Crippen LogP contribution in [0.2, 0.25) is 0 Å². The van der Waals surface area contributed by atoms with E-state index in [2.05, 4.69) is 27.7 Å². The van der Waals surface area contributed by atoms with Gasteiger partial charge >= 0.3 is 0 Å². The first-order valence-corrected chi connectivity index (χ1v) is 8.10. The molecule has 23 heavy (non-hydrogen) atoms. The second-order valence-corrected chi connectivity index (χ2v) is 6.02. The lowest BCUT2D eigenvalue weighted by molar-refractivity contribution is 0.470. The third kappa shape index (κ3) is 3.24. The average molecular weight is 323 g/mol. The zero-order valence-corrected chi connectivity index (χ0v) is 13.8. The van der Waals surface area contributed by atoms with Gasteiger partial charge in [0.15, 0.2) is 0 Å². The fourth-order valence-corrected chi connectivity index (χ4v) is 3.12. The summed E-state index contributed by atoms with van der Waals surface area (Å²) in [4.78, 5) is 0.798. The molecular weight excluding hydrogens is 306 g/mol. The van der Waals surface area contributed by atoms with Gasteiger partial charge in [-0.2, -0.15) is 5.10 Å². The lowest BCUT2D eigenvalue weighted by atomic mass is 10.1. The molecule has 116 valence electrons. The average Bonchev–Trinajstić information content (AvgIpc) is 2.93. The molecule has 0 saturated carbocycles. The van der Waals surface area contributed by atoms with E-state index >= 15 is 0 Å². The van der Waals surface area contributed by atoms with Gasteiger partial charge < -0.3 is 9.67 Å². The molecule has 0 aliphatic heterocycles. The SMILES string of the molecule is Cc1cccc(/C=N/N=c2\scc(-c3ccccc3)n2C)c1O. The van der Waals surface area contributed by atoms with Crippen LogP contribution < -0.4 is 4.80 Å². The van der Waals surface area contributed by atoms with Crippen LogP contribution in [-0.2, 0) is 7.05 Å². The minimum absolute atomic E-state index is 0.243. The standard InChI is InChI=1S/C18H17N3OS/c1-13-7-6-10-15(17(13)22)11-19-20-18-21(2)16(12-23-18)14-8-4-3-5-9-14/h3-12,22H,1-2H3/b19-11+,20-18-. The number of aromatic nitrogens is 1. The van der Waals surface area contributed by atoms with Gasteiger partial charge in [0.05, 0.1) is 11.9 Å². The molecule has 4 nitrogen and oxygen atoms in total. The number of thiazole rings is 1. The van der Waals surface area contributed by atoms with Crippen molar-refractivity contribution >= 4 is 17.6 Å². The molecule has 2 aromatic carbocycles. The highest BCUT2D eigenvalue weighted by Crippen LogP contribution is 2.20. The summed E-state index contributed by atoms with van der Waals surface area (Å²) in [6.45, 7) is 1.86. The molecule has 0 radical (unpaired) electrons. The van der Waals surface area contributed by atoms with Gasteiger partial charge in [0.2, 0.25) is 4.80 Å². The van der Waals surface area contributed by atoms with Crippen molar-refractivity contribution in [2.45, 2.75) is 6.92 Å². The molecule has 0 bridgehead atoms. The predicted octanol–water partition coefficient (Wildman–Crippen LogP) is 3.70. The van der Waals surface area contributed by atoms with Gasteiger partial charge in [-0.15, -0.1) is 16.4 Å². The summed E-state index contributed by atoms with van der Waals surface area (Å²) in [5, 5.41) is 20.4. The molecule has 3 aromatic rings. The van der Waals surface area contributed by atoms with Crippen molar-refractivity contribution in [2.24, 2.45) is 17.3 Å². The zero-order valence-electron chi connectivity index (χ0n) is 13.0. The van der Waals surface area contributed by atoms with E-state index in [1.54, 1.807) is 6.21 Å². The molecular formula is C18H17N3OS. The number of phenolic OH excluding ortho intramolecular Hbond substituents is 1. The molecule has 0 fully saturated rings. The summed E-state index contributed by atoms with van der Waals surface area (Å²) in [6, 6.07) is 15.7. The van der Waals surface area contributed by atoms with Crippen molar-refractivity contribution in [3.05, 3.63) is 69.8 Å². The predicted molar refractivity (Wildman–Crippen MR) is 94.7 cm³/mol. The third-order valence-electron chi connectivity index (χ3n) is 3.60. The highest BCUT2D eigenvalue weighted by atomic mass is 32.1. The molecule has 1 aromatic heterocycles. The van der Waals surface area contributed by atoms with E-state index in [0.717, 1.165) is 21.6 Å². The first-order valence-electron chi connectivity index (χ1n) is 7.22. The number of hydrogen-bond donors (Lipinski definition) is 1. The van der Waals surface area contributed by atoms with Crippen LogP contribution >= 0.6 is 11.3 Å². The minimum atomic E-state index is 0.243. The Hall–Kier alpha value is -2.66. The van der Waals surface area contributed by atoms with Crippen molar-refractivity contribution in [1.82, 2.24) is 4.57 Å². The highest BCUT2D eigenvalue weighted by molar-refractivity contribution is 7.07. The Morgan fingerprint density at radius 2 is 1.87 bits per heavy atom. The number of aromatic hydroxyl groups is 1. The van der Waals surface area contributed by atoms with Crippen LogP contribution in [0.5, 0.6) is 5.75 Å². The van der Waals surface area contributed by atoms with Crippen molar-refractivity contribution in [3.63, 3.8) is 0 Å². The molecule has 0 unspecified atom stereocenters. The smallest absolute Gasteiger partial charge is 0.210 e. The second-order valence-electron chi connectivity index (χ2n) is 5.19. The monoisotopic (exact) mass is 323 g/mol.